The summed E-state index contributed by atoms with van der Waals surface area (Å²) >= 11 is 0. The minimum Gasteiger partial charge on any atom is -0.507 e. The zero-order chi connectivity index (χ0) is 25.8. The highest BCUT2D eigenvalue weighted by Crippen LogP contribution is 2.44. The molecular weight excluding hydrogens is 456 g/mol. The van der Waals surface area contributed by atoms with E-state index in [0.29, 0.717) is 40.5 Å². The van der Waals surface area contributed by atoms with Crippen LogP contribution in [0.25, 0.3) is 5.76 Å². The average Bonchev–Trinajstić information content (AvgIpc) is 3.18. The van der Waals surface area contributed by atoms with Gasteiger partial charge in [0.1, 0.15) is 5.76 Å². The first kappa shape index (κ1) is 24.6. The normalized spacial score (nSPS) is 16.6. The maximum Gasteiger partial charge on any atom is 0.300 e. The second-order valence-corrected chi connectivity index (χ2v) is 8.22. The molecule has 1 aliphatic rings. The maximum absolute atomic E-state index is 13.4. The number of hydrogen-bond acceptors (Lipinski definition) is 6. The van der Waals surface area contributed by atoms with Gasteiger partial charge in [-0.25, -0.2) is 0 Å². The number of benzene rings is 3. The van der Waals surface area contributed by atoms with Gasteiger partial charge in [0.05, 0.1) is 37.0 Å². The second-order valence-electron chi connectivity index (χ2n) is 8.22. The number of hydrogen-bond donors (Lipinski definition) is 1. The van der Waals surface area contributed by atoms with Gasteiger partial charge in [0.15, 0.2) is 11.5 Å². The molecule has 4 rings (SSSR count). The monoisotopic (exact) mass is 482 g/mol. The van der Waals surface area contributed by atoms with Crippen molar-refractivity contribution in [2.24, 2.45) is 0 Å². The predicted octanol–water partition coefficient (Wildman–Crippen LogP) is 5.15. The molecule has 0 saturated carbocycles. The van der Waals surface area contributed by atoms with Gasteiger partial charge in [0.25, 0.3) is 11.7 Å². The molecule has 7 nitrogen and oxygen atoms in total. The Hall–Kier alpha value is -4.57. The van der Waals surface area contributed by atoms with Crippen molar-refractivity contribution in [1.82, 2.24) is 0 Å². The smallest absolute Gasteiger partial charge is 0.300 e. The Morgan fingerprint density at radius 2 is 1.69 bits per heavy atom. The molecule has 1 fully saturated rings. The van der Waals surface area contributed by atoms with Crippen LogP contribution in [0.5, 0.6) is 11.5 Å². The van der Waals surface area contributed by atoms with E-state index < -0.39 is 17.7 Å². The van der Waals surface area contributed by atoms with Crippen LogP contribution in [0.1, 0.15) is 42.1 Å². The molecule has 3 aromatic carbocycles. The number of Topliss-reactive ketones (excluding diaryl/α,β-unsaturated/α-hetero) is 1. The Balaban J connectivity index is 1.94. The Kier molecular flexibility index (Phi) is 7.07. The van der Waals surface area contributed by atoms with Crippen molar-refractivity contribution in [3.63, 3.8) is 0 Å². The van der Waals surface area contributed by atoms with E-state index in [2.05, 4.69) is 0 Å². The first-order valence-corrected chi connectivity index (χ1v) is 11.6. The summed E-state index contributed by atoms with van der Waals surface area (Å²) < 4.78 is 11.1. The van der Waals surface area contributed by atoms with Gasteiger partial charge < -0.3 is 14.6 Å². The fourth-order valence-electron chi connectivity index (χ4n) is 4.30. The predicted molar refractivity (Wildman–Crippen MR) is 136 cm³/mol. The Morgan fingerprint density at radius 1 is 1.00 bits per heavy atom. The summed E-state index contributed by atoms with van der Waals surface area (Å²) in [5.41, 5.74) is 2.91. The zero-order valence-electron chi connectivity index (χ0n) is 20.3. The van der Waals surface area contributed by atoms with Crippen molar-refractivity contribution in [3.05, 3.63) is 94.6 Å². The Labute approximate surface area is 209 Å². The third-order valence-corrected chi connectivity index (χ3v) is 6.16. The number of aliphatic hydroxyl groups excluding tert-OH is 1. The molecule has 0 aliphatic carbocycles. The number of nitrogens with zero attached hydrogens (tertiary/aromatic N) is 2. The molecule has 1 atom stereocenters. The van der Waals surface area contributed by atoms with Crippen LogP contribution >= 0.6 is 0 Å². The van der Waals surface area contributed by atoms with E-state index in [1.54, 1.807) is 54.6 Å². The van der Waals surface area contributed by atoms with Crippen molar-refractivity contribution >= 4 is 23.1 Å². The van der Waals surface area contributed by atoms with Crippen LogP contribution in [0, 0.1) is 11.3 Å². The summed E-state index contributed by atoms with van der Waals surface area (Å²) in [4.78, 5) is 28.0. The Bertz CT molecular complexity index is 1370. The van der Waals surface area contributed by atoms with Gasteiger partial charge in [0, 0.05) is 11.3 Å². The summed E-state index contributed by atoms with van der Waals surface area (Å²) in [5, 5.41) is 20.5. The van der Waals surface area contributed by atoms with Gasteiger partial charge in [-0.3, -0.25) is 14.5 Å². The van der Waals surface area contributed by atoms with Crippen LogP contribution < -0.4 is 14.4 Å². The topological polar surface area (TPSA) is 99.9 Å². The third kappa shape index (κ3) is 4.41. The van der Waals surface area contributed by atoms with E-state index in [-0.39, 0.29) is 11.3 Å². The molecule has 1 heterocycles. The highest BCUT2D eigenvalue weighted by molar-refractivity contribution is 6.51. The number of carbonyl (C=O) groups excluding carboxylic acids is 2. The fraction of sp³-hybridized carbons (Fsp3) is 0.207. The molecule has 36 heavy (non-hydrogen) atoms. The molecule has 0 spiro atoms. The molecule has 0 radical (unpaired) electrons. The van der Waals surface area contributed by atoms with Gasteiger partial charge in [-0.1, -0.05) is 37.3 Å². The number of carbonyl (C=O) groups is 2. The summed E-state index contributed by atoms with van der Waals surface area (Å²) in [6, 6.07) is 19.9. The number of aryl methyl sites for hydroxylation is 1. The first-order chi connectivity index (χ1) is 17.4. The fourth-order valence-corrected chi connectivity index (χ4v) is 4.30. The van der Waals surface area contributed by atoms with Gasteiger partial charge in [-0.05, 0) is 60.9 Å². The SMILES string of the molecule is CCOc1cc(C2/C(=C(/O)c3ccc(CC)cc3)C(=O)C(=O)N2c2ccc(C#N)cc2)ccc1OC. The number of ether oxygens (including phenoxy) is 2. The molecule has 0 bridgehead atoms. The number of anilines is 1. The van der Waals surface area contributed by atoms with Crippen molar-refractivity contribution < 1.29 is 24.2 Å². The van der Waals surface area contributed by atoms with Crippen molar-refractivity contribution in [3.8, 4) is 17.6 Å². The number of methoxy groups -OCH3 is 1. The number of ketones is 1. The quantitative estimate of drug-likeness (QED) is 0.284. The lowest BCUT2D eigenvalue weighted by Crippen LogP contribution is -2.29. The van der Waals surface area contributed by atoms with Crippen LogP contribution in [-0.4, -0.2) is 30.5 Å². The van der Waals surface area contributed by atoms with Crippen molar-refractivity contribution in [2.75, 3.05) is 18.6 Å². The first-order valence-electron chi connectivity index (χ1n) is 11.6. The Morgan fingerprint density at radius 3 is 2.28 bits per heavy atom. The molecule has 1 unspecified atom stereocenters. The van der Waals surface area contributed by atoms with Gasteiger partial charge in [-0.2, -0.15) is 5.26 Å². The summed E-state index contributed by atoms with van der Waals surface area (Å²) in [6.45, 7) is 4.26. The van der Waals surface area contributed by atoms with Crippen molar-refractivity contribution in [2.45, 2.75) is 26.3 Å². The minimum atomic E-state index is -0.922. The molecule has 7 heteroatoms. The van der Waals surface area contributed by atoms with Crippen LogP contribution in [0.15, 0.2) is 72.3 Å². The maximum atomic E-state index is 13.4. The lowest BCUT2D eigenvalue weighted by Gasteiger charge is -2.26. The lowest BCUT2D eigenvalue weighted by molar-refractivity contribution is -0.132. The van der Waals surface area contributed by atoms with Gasteiger partial charge in [-0.15, -0.1) is 0 Å². The largest absolute Gasteiger partial charge is 0.507 e. The van der Waals surface area contributed by atoms with E-state index in [9.17, 15) is 20.0 Å². The summed E-state index contributed by atoms with van der Waals surface area (Å²) in [6.07, 6.45) is 0.830. The molecule has 3 aromatic rings. The zero-order valence-corrected chi connectivity index (χ0v) is 20.3. The van der Waals surface area contributed by atoms with Crippen LogP contribution in [0.4, 0.5) is 5.69 Å². The van der Waals surface area contributed by atoms with E-state index in [1.165, 1.54) is 12.0 Å². The molecule has 182 valence electrons. The van der Waals surface area contributed by atoms with E-state index >= 15 is 0 Å². The molecule has 1 aliphatic heterocycles. The molecule has 1 saturated heterocycles. The lowest BCUT2D eigenvalue weighted by atomic mass is 9.94. The van der Waals surface area contributed by atoms with Gasteiger partial charge >= 0.3 is 0 Å². The third-order valence-electron chi connectivity index (χ3n) is 6.16. The van der Waals surface area contributed by atoms with Crippen LogP contribution in [0.2, 0.25) is 0 Å². The van der Waals surface area contributed by atoms with Crippen LogP contribution in [0.3, 0.4) is 0 Å². The van der Waals surface area contributed by atoms with E-state index in [0.717, 1.165) is 12.0 Å². The van der Waals surface area contributed by atoms with Gasteiger partial charge in [0.2, 0.25) is 0 Å². The molecule has 1 N–H and O–H groups in total. The number of nitriles is 1. The minimum absolute atomic E-state index is 0.0266. The average molecular weight is 483 g/mol. The van der Waals surface area contributed by atoms with Crippen LogP contribution in [-0.2, 0) is 16.0 Å². The second kappa shape index (κ2) is 10.4. The molecule has 1 amide bonds. The highest BCUT2D eigenvalue weighted by atomic mass is 16.5. The van der Waals surface area contributed by atoms with E-state index in [1.807, 2.05) is 32.0 Å². The standard InChI is InChI=1S/C29H26N2O5/c1-4-18-6-10-20(11-7-18)27(32)25-26(21-12-15-23(35-3)24(16-21)36-5-2)31(29(34)28(25)33)22-13-8-19(17-30)9-14-22/h6-16,26,32H,4-5H2,1-3H3/b27-25-. The summed E-state index contributed by atoms with van der Waals surface area (Å²) in [5.74, 6) is -0.868. The molecule has 0 aromatic heterocycles. The summed E-state index contributed by atoms with van der Waals surface area (Å²) in [7, 11) is 1.53. The number of rotatable bonds is 7. The number of aliphatic hydroxyl groups is 1. The van der Waals surface area contributed by atoms with Crippen molar-refractivity contribution in [1.29, 1.82) is 5.26 Å². The number of amides is 1. The van der Waals surface area contributed by atoms with E-state index in [4.69, 9.17) is 9.47 Å². The molecular formula is C29H26N2O5. The highest BCUT2D eigenvalue weighted by Gasteiger charge is 2.47.